The van der Waals surface area contributed by atoms with Crippen LogP contribution in [0.4, 0.5) is 0 Å². The van der Waals surface area contributed by atoms with Crippen molar-refractivity contribution in [2.24, 2.45) is 5.92 Å². The van der Waals surface area contributed by atoms with Gasteiger partial charge in [0.2, 0.25) is 5.60 Å². The zero-order valence-electron chi connectivity index (χ0n) is 21.7. The van der Waals surface area contributed by atoms with Gasteiger partial charge >= 0.3 is 17.9 Å². The second-order valence-electron chi connectivity index (χ2n) is 9.51. The van der Waals surface area contributed by atoms with Crippen molar-refractivity contribution >= 4 is 17.9 Å². The Bertz CT molecular complexity index is 602. The van der Waals surface area contributed by atoms with Gasteiger partial charge in [-0.3, -0.25) is 4.79 Å². The summed E-state index contributed by atoms with van der Waals surface area (Å²) in [5, 5.41) is 0. The molecule has 1 aliphatic rings. The molecule has 6 heteroatoms. The number of ether oxygens (including phenoxy) is 3. The number of esters is 3. The predicted octanol–water partition coefficient (Wildman–Crippen LogP) is 6.84. The Morgan fingerprint density at radius 1 is 0.794 bits per heavy atom. The normalized spacial score (nSPS) is 19.9. The summed E-state index contributed by atoms with van der Waals surface area (Å²) < 4.78 is 16.5. The van der Waals surface area contributed by atoms with Gasteiger partial charge < -0.3 is 14.2 Å². The average molecular weight is 481 g/mol. The maximum Gasteiger partial charge on any atom is 0.351 e. The zero-order chi connectivity index (χ0) is 25.1. The van der Waals surface area contributed by atoms with Crippen molar-refractivity contribution in [2.75, 3.05) is 13.2 Å². The first kappa shape index (κ1) is 30.2. The molecule has 2 unspecified atom stereocenters. The molecule has 196 valence electrons. The first-order valence-electron chi connectivity index (χ1n) is 13.7. The minimum absolute atomic E-state index is 0.239. The molecular weight excluding hydrogens is 432 g/mol. The van der Waals surface area contributed by atoms with Gasteiger partial charge in [-0.25, -0.2) is 9.59 Å². The first-order valence-corrected chi connectivity index (χ1v) is 13.7. The summed E-state index contributed by atoms with van der Waals surface area (Å²) in [4.78, 5) is 38.0. The highest BCUT2D eigenvalue weighted by atomic mass is 16.6. The molecule has 0 aromatic rings. The molecule has 0 heterocycles. The molecule has 0 spiro atoms. The van der Waals surface area contributed by atoms with Crippen molar-refractivity contribution in [3.8, 4) is 0 Å². The highest BCUT2D eigenvalue weighted by Gasteiger charge is 2.55. The van der Waals surface area contributed by atoms with Crippen LogP contribution >= 0.6 is 0 Å². The summed E-state index contributed by atoms with van der Waals surface area (Å²) in [7, 11) is 0. The maximum absolute atomic E-state index is 13.0. The molecule has 1 saturated carbocycles. The third-order valence-electron chi connectivity index (χ3n) is 6.66. The van der Waals surface area contributed by atoms with E-state index in [0.29, 0.717) is 25.9 Å². The fraction of sp³-hybridized carbons (Fsp3) is 0.821. The van der Waals surface area contributed by atoms with E-state index in [2.05, 4.69) is 13.5 Å². The summed E-state index contributed by atoms with van der Waals surface area (Å²) in [6.07, 6.45) is 18.2. The number of hydrogen-bond donors (Lipinski definition) is 0. The molecular formula is C28H48O6. The van der Waals surface area contributed by atoms with Crippen LogP contribution in [0, 0.1) is 5.92 Å². The van der Waals surface area contributed by atoms with Crippen LogP contribution in [-0.4, -0.2) is 36.7 Å². The molecule has 0 aliphatic heterocycles. The molecule has 1 rings (SSSR count). The Morgan fingerprint density at radius 3 is 1.94 bits per heavy atom. The van der Waals surface area contributed by atoms with Crippen LogP contribution in [-0.2, 0) is 28.6 Å². The number of hydrogen-bond acceptors (Lipinski definition) is 6. The van der Waals surface area contributed by atoms with Crippen molar-refractivity contribution in [1.29, 1.82) is 0 Å². The number of rotatable bonds is 19. The average Bonchev–Trinajstić information content (AvgIpc) is 2.84. The summed E-state index contributed by atoms with van der Waals surface area (Å²) >= 11 is 0. The van der Waals surface area contributed by atoms with E-state index >= 15 is 0 Å². The Hall–Kier alpha value is -1.85. The minimum Gasteiger partial charge on any atom is -0.465 e. The van der Waals surface area contributed by atoms with Crippen molar-refractivity contribution in [2.45, 2.75) is 129 Å². The smallest absolute Gasteiger partial charge is 0.351 e. The third-order valence-corrected chi connectivity index (χ3v) is 6.66. The van der Waals surface area contributed by atoms with E-state index in [1.807, 2.05) is 6.92 Å². The van der Waals surface area contributed by atoms with Gasteiger partial charge in [0, 0.05) is 6.08 Å². The Labute approximate surface area is 207 Å². The van der Waals surface area contributed by atoms with Crippen LogP contribution in [0.2, 0.25) is 0 Å². The van der Waals surface area contributed by atoms with Crippen LogP contribution < -0.4 is 0 Å². The van der Waals surface area contributed by atoms with Gasteiger partial charge in [0.25, 0.3) is 0 Å². The highest BCUT2D eigenvalue weighted by Crippen LogP contribution is 2.39. The van der Waals surface area contributed by atoms with Crippen LogP contribution in [0.3, 0.4) is 0 Å². The third kappa shape index (κ3) is 11.1. The fourth-order valence-corrected chi connectivity index (χ4v) is 4.55. The molecule has 2 atom stereocenters. The van der Waals surface area contributed by atoms with E-state index in [1.165, 1.54) is 51.4 Å². The number of carbonyl (C=O) groups excluding carboxylic acids is 3. The largest absolute Gasteiger partial charge is 0.465 e. The molecule has 0 N–H and O–H groups in total. The minimum atomic E-state index is -1.62. The molecule has 34 heavy (non-hydrogen) atoms. The van der Waals surface area contributed by atoms with Gasteiger partial charge in [0.1, 0.15) is 5.92 Å². The van der Waals surface area contributed by atoms with Gasteiger partial charge in [-0.2, -0.15) is 0 Å². The molecule has 1 fully saturated rings. The van der Waals surface area contributed by atoms with Crippen molar-refractivity contribution in [1.82, 2.24) is 0 Å². The van der Waals surface area contributed by atoms with Crippen LogP contribution in [0.5, 0.6) is 0 Å². The van der Waals surface area contributed by atoms with E-state index < -0.39 is 29.4 Å². The summed E-state index contributed by atoms with van der Waals surface area (Å²) in [5.41, 5.74) is -1.62. The standard InChI is InChI=1S/C28H48O6/c1-4-7-9-10-11-12-13-14-15-16-19-23-32-26(30)24-20-17-18-21-28(24,34-25(29)6-3)27(31)33-22-8-5-2/h6,24H,3-5,7-23H2,1-2H3. The second kappa shape index (κ2) is 18.5. The molecule has 0 bridgehead atoms. The van der Waals surface area contributed by atoms with E-state index in [4.69, 9.17) is 14.2 Å². The lowest BCUT2D eigenvalue weighted by molar-refractivity contribution is -0.198. The van der Waals surface area contributed by atoms with Crippen molar-refractivity contribution < 1.29 is 28.6 Å². The van der Waals surface area contributed by atoms with Gasteiger partial charge in [-0.1, -0.05) is 97.5 Å². The lowest BCUT2D eigenvalue weighted by Gasteiger charge is -2.39. The Balaban J connectivity index is 2.47. The molecule has 0 saturated heterocycles. The number of carbonyl (C=O) groups is 3. The lowest BCUT2D eigenvalue weighted by Crippen LogP contribution is -2.55. The van der Waals surface area contributed by atoms with Crippen LogP contribution in [0.1, 0.15) is 123 Å². The topological polar surface area (TPSA) is 78.9 Å². The summed E-state index contributed by atoms with van der Waals surface area (Å²) in [6.45, 7) is 8.23. The van der Waals surface area contributed by atoms with Crippen LogP contribution in [0.25, 0.3) is 0 Å². The monoisotopic (exact) mass is 480 g/mol. The molecule has 6 nitrogen and oxygen atoms in total. The zero-order valence-corrected chi connectivity index (χ0v) is 21.7. The Kier molecular flexibility index (Phi) is 16.4. The van der Waals surface area contributed by atoms with E-state index in [0.717, 1.165) is 38.2 Å². The van der Waals surface area contributed by atoms with Crippen molar-refractivity contribution in [3.05, 3.63) is 12.7 Å². The first-order chi connectivity index (χ1) is 16.5. The fourth-order valence-electron chi connectivity index (χ4n) is 4.55. The molecule has 0 aromatic carbocycles. The molecule has 0 amide bonds. The van der Waals surface area contributed by atoms with E-state index in [1.54, 1.807) is 0 Å². The summed E-state index contributed by atoms with van der Waals surface area (Å²) in [5.74, 6) is -2.69. The Morgan fingerprint density at radius 2 is 1.35 bits per heavy atom. The van der Waals surface area contributed by atoms with Crippen molar-refractivity contribution in [3.63, 3.8) is 0 Å². The highest BCUT2D eigenvalue weighted by molar-refractivity contribution is 5.92. The lowest BCUT2D eigenvalue weighted by atomic mass is 9.75. The maximum atomic E-state index is 13.0. The molecule has 1 aliphatic carbocycles. The molecule has 0 radical (unpaired) electrons. The predicted molar refractivity (Wildman–Crippen MR) is 134 cm³/mol. The number of unbranched alkanes of at least 4 members (excludes halogenated alkanes) is 11. The van der Waals surface area contributed by atoms with Gasteiger partial charge in [0.15, 0.2) is 0 Å². The SMILES string of the molecule is C=CC(=O)OC1(C(=O)OCCCC)CCCCC1C(=O)OCCCCCCCCCCCCC. The van der Waals surface area contributed by atoms with E-state index in [9.17, 15) is 14.4 Å². The van der Waals surface area contributed by atoms with E-state index in [-0.39, 0.29) is 13.0 Å². The summed E-state index contributed by atoms with van der Waals surface area (Å²) in [6, 6.07) is 0. The van der Waals surface area contributed by atoms with Gasteiger partial charge in [-0.15, -0.1) is 0 Å². The second-order valence-corrected chi connectivity index (χ2v) is 9.51. The quantitative estimate of drug-likeness (QED) is 0.0871. The van der Waals surface area contributed by atoms with Gasteiger partial charge in [-0.05, 0) is 32.1 Å². The molecule has 0 aromatic heterocycles. The van der Waals surface area contributed by atoms with Gasteiger partial charge in [0.05, 0.1) is 13.2 Å². The van der Waals surface area contributed by atoms with Crippen LogP contribution in [0.15, 0.2) is 12.7 Å².